The molecule has 0 radical (unpaired) electrons. The van der Waals surface area contributed by atoms with Gasteiger partial charge in [0.1, 0.15) is 12.4 Å². The largest absolute Gasteiger partial charge is 0.325 e. The molecule has 0 atom stereocenters. The molecule has 1 amide bonds. The summed E-state index contributed by atoms with van der Waals surface area (Å²) >= 11 is 0. The minimum Gasteiger partial charge on any atom is -0.325 e. The summed E-state index contributed by atoms with van der Waals surface area (Å²) in [6, 6.07) is 10.6. The molecule has 0 bridgehead atoms. The van der Waals surface area contributed by atoms with Gasteiger partial charge in [0.25, 0.3) is 0 Å². The minimum atomic E-state index is -3.63. The van der Waals surface area contributed by atoms with E-state index in [1.807, 2.05) is 19.9 Å². The lowest BCUT2D eigenvalue weighted by Crippen LogP contribution is -2.37. The van der Waals surface area contributed by atoms with Crippen molar-refractivity contribution in [3.63, 3.8) is 0 Å². The van der Waals surface area contributed by atoms with Gasteiger partial charge in [-0.25, -0.2) is 12.8 Å². The van der Waals surface area contributed by atoms with Crippen molar-refractivity contribution in [2.75, 3.05) is 22.4 Å². The van der Waals surface area contributed by atoms with Gasteiger partial charge in [0.2, 0.25) is 15.9 Å². The number of amides is 1. The third-order valence-electron chi connectivity index (χ3n) is 3.31. The number of hydrogen-bond donors (Lipinski definition) is 1. The molecule has 2 aromatic carbocycles. The molecule has 128 valence electrons. The molecule has 0 saturated heterocycles. The average molecular weight is 350 g/mol. The number of anilines is 2. The highest BCUT2D eigenvalue weighted by atomic mass is 32.2. The molecule has 0 aromatic heterocycles. The first-order chi connectivity index (χ1) is 11.1. The van der Waals surface area contributed by atoms with Crippen LogP contribution < -0.4 is 9.62 Å². The number of hydrogen-bond acceptors (Lipinski definition) is 3. The first-order valence-corrected chi connectivity index (χ1v) is 9.11. The zero-order valence-corrected chi connectivity index (χ0v) is 14.5. The van der Waals surface area contributed by atoms with E-state index in [0.29, 0.717) is 11.4 Å². The lowest BCUT2D eigenvalue weighted by Gasteiger charge is -2.22. The second-order valence-corrected chi connectivity index (χ2v) is 7.58. The molecule has 0 aliphatic carbocycles. The van der Waals surface area contributed by atoms with Gasteiger partial charge in [0.05, 0.1) is 11.9 Å². The molecule has 0 aliphatic heterocycles. The average Bonchev–Trinajstić information content (AvgIpc) is 2.45. The van der Waals surface area contributed by atoms with Crippen molar-refractivity contribution in [3.8, 4) is 0 Å². The summed E-state index contributed by atoms with van der Waals surface area (Å²) in [5.74, 6) is -0.924. The van der Waals surface area contributed by atoms with E-state index >= 15 is 0 Å². The molecule has 1 N–H and O–H groups in total. The Bertz CT molecular complexity index is 828. The Morgan fingerprint density at radius 3 is 2.12 bits per heavy atom. The van der Waals surface area contributed by atoms with Crippen molar-refractivity contribution in [2.24, 2.45) is 0 Å². The molecular weight excluding hydrogens is 331 g/mol. The summed E-state index contributed by atoms with van der Waals surface area (Å²) in [5.41, 5.74) is 2.63. The van der Waals surface area contributed by atoms with Crippen molar-refractivity contribution in [1.82, 2.24) is 0 Å². The molecule has 0 unspecified atom stereocenters. The van der Waals surface area contributed by atoms with Crippen molar-refractivity contribution in [1.29, 1.82) is 0 Å². The molecular formula is C17H19FN2O3S. The van der Waals surface area contributed by atoms with Crippen molar-refractivity contribution < 1.29 is 17.6 Å². The number of sulfonamides is 1. The van der Waals surface area contributed by atoms with Crippen LogP contribution in [-0.2, 0) is 14.8 Å². The van der Waals surface area contributed by atoms with E-state index in [9.17, 15) is 17.6 Å². The van der Waals surface area contributed by atoms with Gasteiger partial charge < -0.3 is 5.32 Å². The summed E-state index contributed by atoms with van der Waals surface area (Å²) in [6.07, 6.45) is 1.05. The standard InChI is InChI=1S/C17H19FN2O3S/c1-12-8-13(2)10-16(9-12)20(24(3,22)23)11-17(21)19-15-6-4-14(18)5-7-15/h4-10H,11H2,1-3H3,(H,19,21). The van der Waals surface area contributed by atoms with Crippen LogP contribution in [0.1, 0.15) is 11.1 Å². The zero-order valence-electron chi connectivity index (χ0n) is 13.7. The maximum Gasteiger partial charge on any atom is 0.245 e. The SMILES string of the molecule is Cc1cc(C)cc(N(CC(=O)Nc2ccc(F)cc2)S(C)(=O)=O)c1. The number of nitrogens with one attached hydrogen (secondary N) is 1. The molecule has 2 aromatic rings. The predicted molar refractivity (Wildman–Crippen MR) is 93.1 cm³/mol. The van der Waals surface area contributed by atoms with E-state index in [1.165, 1.54) is 24.3 Å². The molecule has 5 nitrogen and oxygen atoms in total. The second kappa shape index (κ2) is 7.00. The highest BCUT2D eigenvalue weighted by Crippen LogP contribution is 2.21. The smallest absolute Gasteiger partial charge is 0.245 e. The van der Waals surface area contributed by atoms with Gasteiger partial charge in [-0.2, -0.15) is 0 Å². The highest BCUT2D eigenvalue weighted by molar-refractivity contribution is 7.92. The number of carbonyl (C=O) groups excluding carboxylic acids is 1. The predicted octanol–water partition coefficient (Wildman–Crippen LogP) is 2.85. The van der Waals surface area contributed by atoms with Crippen molar-refractivity contribution >= 4 is 27.3 Å². The number of halogens is 1. The Morgan fingerprint density at radius 2 is 1.62 bits per heavy atom. The lowest BCUT2D eigenvalue weighted by molar-refractivity contribution is -0.114. The van der Waals surface area contributed by atoms with Gasteiger partial charge in [-0.1, -0.05) is 6.07 Å². The van der Waals surface area contributed by atoms with Crippen LogP contribution in [0, 0.1) is 19.7 Å². The van der Waals surface area contributed by atoms with Gasteiger partial charge >= 0.3 is 0 Å². The molecule has 24 heavy (non-hydrogen) atoms. The Labute approximate surface area is 141 Å². The third kappa shape index (κ3) is 4.79. The molecule has 0 saturated carbocycles. The summed E-state index contributed by atoms with van der Waals surface area (Å²) in [4.78, 5) is 12.2. The fourth-order valence-corrected chi connectivity index (χ4v) is 3.20. The quantitative estimate of drug-likeness (QED) is 0.902. The van der Waals surface area contributed by atoms with Crippen molar-refractivity contribution in [3.05, 3.63) is 59.4 Å². The van der Waals surface area contributed by atoms with Crippen LogP contribution in [0.25, 0.3) is 0 Å². The second-order valence-electron chi connectivity index (χ2n) is 5.67. The zero-order chi connectivity index (χ0) is 17.9. The summed E-state index contributed by atoms with van der Waals surface area (Å²) in [6.45, 7) is 3.35. The molecule has 0 heterocycles. The Kier molecular flexibility index (Phi) is 5.23. The van der Waals surface area contributed by atoms with Gasteiger partial charge in [-0.05, 0) is 61.4 Å². The number of carbonyl (C=O) groups is 1. The van der Waals surface area contributed by atoms with Crippen LogP contribution in [0.15, 0.2) is 42.5 Å². The highest BCUT2D eigenvalue weighted by Gasteiger charge is 2.21. The van der Waals surface area contributed by atoms with E-state index in [2.05, 4.69) is 5.32 Å². The van der Waals surface area contributed by atoms with Crippen LogP contribution >= 0.6 is 0 Å². The maximum absolute atomic E-state index is 12.9. The topological polar surface area (TPSA) is 66.5 Å². The number of nitrogens with zero attached hydrogens (tertiary/aromatic N) is 1. The Hall–Kier alpha value is -2.41. The summed E-state index contributed by atoms with van der Waals surface area (Å²) in [5, 5.41) is 2.56. The van der Waals surface area contributed by atoms with E-state index < -0.39 is 21.7 Å². The fourth-order valence-electron chi connectivity index (χ4n) is 2.36. The molecule has 0 aliphatic rings. The summed E-state index contributed by atoms with van der Waals surface area (Å²) < 4.78 is 38.1. The van der Waals surface area contributed by atoms with Gasteiger partial charge in [-0.3, -0.25) is 9.10 Å². The first-order valence-electron chi connectivity index (χ1n) is 7.26. The number of benzene rings is 2. The number of aryl methyl sites for hydroxylation is 2. The van der Waals surface area contributed by atoms with Gasteiger partial charge in [0, 0.05) is 5.69 Å². The van der Waals surface area contributed by atoms with E-state index in [-0.39, 0.29) is 6.54 Å². The maximum atomic E-state index is 12.9. The van der Waals surface area contributed by atoms with Crippen LogP contribution in [0.2, 0.25) is 0 Å². The minimum absolute atomic E-state index is 0.362. The van der Waals surface area contributed by atoms with E-state index in [0.717, 1.165) is 21.7 Å². The Morgan fingerprint density at radius 1 is 1.08 bits per heavy atom. The first kappa shape index (κ1) is 17.9. The summed E-state index contributed by atoms with van der Waals surface area (Å²) in [7, 11) is -3.63. The fraction of sp³-hybridized carbons (Fsp3) is 0.235. The van der Waals surface area contributed by atoms with Gasteiger partial charge in [-0.15, -0.1) is 0 Å². The lowest BCUT2D eigenvalue weighted by atomic mass is 10.1. The molecule has 0 spiro atoms. The number of rotatable bonds is 5. The van der Waals surface area contributed by atoms with Crippen LogP contribution in [-0.4, -0.2) is 27.1 Å². The Balaban J connectivity index is 2.23. The molecule has 0 fully saturated rings. The monoisotopic (exact) mass is 350 g/mol. The van der Waals surface area contributed by atoms with Crippen LogP contribution in [0.5, 0.6) is 0 Å². The molecule has 7 heteroatoms. The van der Waals surface area contributed by atoms with Gasteiger partial charge in [0.15, 0.2) is 0 Å². The van der Waals surface area contributed by atoms with E-state index in [1.54, 1.807) is 12.1 Å². The van der Waals surface area contributed by atoms with Crippen LogP contribution in [0.4, 0.5) is 15.8 Å². The van der Waals surface area contributed by atoms with Crippen LogP contribution in [0.3, 0.4) is 0 Å². The third-order valence-corrected chi connectivity index (χ3v) is 4.45. The van der Waals surface area contributed by atoms with Crippen molar-refractivity contribution in [2.45, 2.75) is 13.8 Å². The van der Waals surface area contributed by atoms with E-state index in [4.69, 9.17) is 0 Å². The normalized spacial score (nSPS) is 11.2. The molecule has 2 rings (SSSR count).